The average molecular weight is 239 g/mol. The van der Waals surface area contributed by atoms with E-state index in [9.17, 15) is 4.79 Å². The number of aromatic nitrogens is 1. The summed E-state index contributed by atoms with van der Waals surface area (Å²) >= 11 is 0. The molecule has 1 aromatic heterocycles. The molecular weight excluding hydrogens is 216 g/mol. The lowest BCUT2D eigenvalue weighted by molar-refractivity contribution is -0.696. The van der Waals surface area contributed by atoms with Crippen molar-refractivity contribution in [3.8, 4) is 0 Å². The molecule has 4 heteroatoms. The third kappa shape index (κ3) is 6.02. The van der Waals surface area contributed by atoms with E-state index in [1.165, 1.54) is 7.11 Å². The summed E-state index contributed by atoms with van der Waals surface area (Å²) in [5.74, 6) is -0.297. The quantitative estimate of drug-likeness (QED) is 0.587. The fourth-order valence-electron chi connectivity index (χ4n) is 1.22. The number of ether oxygens (including phenoxy) is 1. The topological polar surface area (TPSA) is 33.4 Å². The van der Waals surface area contributed by atoms with Crippen LogP contribution in [0.15, 0.2) is 24.5 Å². The molecule has 0 amide bonds. The van der Waals surface area contributed by atoms with Gasteiger partial charge >= 0.3 is 5.97 Å². The predicted octanol–water partition coefficient (Wildman–Crippen LogP) is 1.35. The molecule has 0 saturated heterocycles. The van der Waals surface area contributed by atoms with Gasteiger partial charge in [-0.2, -0.15) is 0 Å². The number of hydrogen-bond acceptors (Lipinski definition) is 3. The molecule has 0 saturated carbocycles. The lowest BCUT2D eigenvalue weighted by Gasteiger charge is -2.06. The first-order chi connectivity index (χ1) is 8.13. The third-order valence-electron chi connectivity index (χ3n) is 2.08. The molecule has 0 aliphatic carbocycles. The van der Waals surface area contributed by atoms with Gasteiger partial charge in [-0.1, -0.05) is 13.8 Å². The van der Waals surface area contributed by atoms with Gasteiger partial charge in [0.15, 0.2) is 18.9 Å². The molecule has 96 valence electrons. The zero-order chi connectivity index (χ0) is 13.3. The Morgan fingerprint density at radius 2 is 2.06 bits per heavy atom. The Bertz CT molecular complexity index is 338. The third-order valence-corrected chi connectivity index (χ3v) is 2.08. The van der Waals surface area contributed by atoms with Crippen LogP contribution in [0.3, 0.4) is 0 Å². The van der Waals surface area contributed by atoms with Crippen molar-refractivity contribution in [1.82, 2.24) is 4.90 Å². The van der Waals surface area contributed by atoms with Gasteiger partial charge in [0.1, 0.15) is 5.56 Å². The summed E-state index contributed by atoms with van der Waals surface area (Å²) in [6.45, 7) is 5.80. The summed E-state index contributed by atoms with van der Waals surface area (Å²) in [5, 5.41) is 0. The number of esters is 1. The first kappa shape index (κ1) is 15.6. The largest absolute Gasteiger partial charge is 0.465 e. The van der Waals surface area contributed by atoms with Crippen LogP contribution in [0.4, 0.5) is 0 Å². The summed E-state index contributed by atoms with van der Waals surface area (Å²) in [4.78, 5) is 13.4. The van der Waals surface area contributed by atoms with Gasteiger partial charge in [-0.3, -0.25) is 0 Å². The maximum absolute atomic E-state index is 11.3. The number of likely N-dealkylation sites (N-methyl/N-ethyl adjacent to an activating group) is 1. The Morgan fingerprint density at radius 3 is 2.59 bits per heavy atom. The number of carbonyl (C=O) groups is 1. The molecule has 0 N–H and O–H groups in total. The Hall–Kier alpha value is -1.42. The van der Waals surface area contributed by atoms with E-state index < -0.39 is 0 Å². The van der Waals surface area contributed by atoms with E-state index in [1.807, 2.05) is 44.8 Å². The Kier molecular flexibility index (Phi) is 7.97. The highest BCUT2D eigenvalue weighted by molar-refractivity contribution is 5.88. The van der Waals surface area contributed by atoms with Crippen molar-refractivity contribution in [2.75, 3.05) is 27.7 Å². The number of rotatable bonds is 4. The number of pyridine rings is 1. The standard InChI is InChI=1S/C11H17N2O2.C2H6/c1-12(2)7-8-13-6-4-5-10(9-13)11(14)15-3;1-2/h4-6,9H,7-8H2,1-3H3;1-2H3/q+1;. The van der Waals surface area contributed by atoms with Crippen molar-refractivity contribution in [3.05, 3.63) is 30.1 Å². The van der Waals surface area contributed by atoms with Crippen molar-refractivity contribution in [2.24, 2.45) is 0 Å². The fraction of sp³-hybridized carbons (Fsp3) is 0.538. The number of methoxy groups -OCH3 is 1. The molecule has 17 heavy (non-hydrogen) atoms. The minimum absolute atomic E-state index is 0.297. The van der Waals surface area contributed by atoms with E-state index in [1.54, 1.807) is 12.3 Å². The molecule has 0 radical (unpaired) electrons. The van der Waals surface area contributed by atoms with E-state index >= 15 is 0 Å². The molecule has 0 atom stereocenters. The Balaban J connectivity index is 0.00000121. The molecule has 0 aromatic carbocycles. The lowest BCUT2D eigenvalue weighted by atomic mass is 10.3. The molecule has 0 aliphatic rings. The van der Waals surface area contributed by atoms with Gasteiger partial charge in [0.2, 0.25) is 0 Å². The first-order valence-electron chi connectivity index (χ1n) is 5.85. The molecule has 0 bridgehead atoms. The van der Waals surface area contributed by atoms with E-state index in [4.69, 9.17) is 0 Å². The van der Waals surface area contributed by atoms with Gasteiger partial charge in [-0.05, 0) is 20.2 Å². The zero-order valence-electron chi connectivity index (χ0n) is 11.4. The normalized spacial score (nSPS) is 9.53. The van der Waals surface area contributed by atoms with E-state index in [0.717, 1.165) is 13.1 Å². The highest BCUT2D eigenvalue weighted by Gasteiger charge is 2.10. The second-order valence-electron chi connectivity index (χ2n) is 3.63. The average Bonchev–Trinajstić information content (AvgIpc) is 2.38. The van der Waals surface area contributed by atoms with Crippen LogP contribution in [0.25, 0.3) is 0 Å². The molecule has 0 aliphatic heterocycles. The van der Waals surface area contributed by atoms with E-state index in [-0.39, 0.29) is 5.97 Å². The molecule has 0 spiro atoms. The summed E-state index contributed by atoms with van der Waals surface area (Å²) < 4.78 is 6.63. The highest BCUT2D eigenvalue weighted by Crippen LogP contribution is 1.96. The minimum atomic E-state index is -0.297. The molecule has 0 fully saturated rings. The highest BCUT2D eigenvalue weighted by atomic mass is 16.5. The molecular formula is C13H23N2O2+. The van der Waals surface area contributed by atoms with E-state index in [0.29, 0.717) is 5.56 Å². The second kappa shape index (κ2) is 8.70. The van der Waals surface area contributed by atoms with Crippen LogP contribution in [0.2, 0.25) is 0 Å². The van der Waals surface area contributed by atoms with Crippen LogP contribution < -0.4 is 4.57 Å². The van der Waals surface area contributed by atoms with Gasteiger partial charge in [0.25, 0.3) is 0 Å². The van der Waals surface area contributed by atoms with Gasteiger partial charge in [-0.15, -0.1) is 0 Å². The molecule has 1 rings (SSSR count). The van der Waals surface area contributed by atoms with Crippen LogP contribution in [0, 0.1) is 0 Å². The number of hydrogen-bond donors (Lipinski definition) is 0. The second-order valence-corrected chi connectivity index (χ2v) is 3.63. The van der Waals surface area contributed by atoms with Crippen LogP contribution in [0.5, 0.6) is 0 Å². The van der Waals surface area contributed by atoms with Crippen molar-refractivity contribution < 1.29 is 14.1 Å². The predicted molar refractivity (Wildman–Crippen MR) is 67.9 cm³/mol. The van der Waals surface area contributed by atoms with Crippen molar-refractivity contribution in [1.29, 1.82) is 0 Å². The smallest absolute Gasteiger partial charge is 0.343 e. The Morgan fingerprint density at radius 1 is 1.41 bits per heavy atom. The molecule has 1 heterocycles. The SMILES string of the molecule is CC.COC(=O)c1ccc[n+](CCN(C)C)c1. The monoisotopic (exact) mass is 239 g/mol. The molecule has 4 nitrogen and oxygen atoms in total. The van der Waals surface area contributed by atoms with E-state index in [2.05, 4.69) is 9.64 Å². The number of carbonyl (C=O) groups excluding carboxylic acids is 1. The summed E-state index contributed by atoms with van der Waals surface area (Å²) in [6.07, 6.45) is 3.74. The van der Waals surface area contributed by atoms with Crippen LogP contribution in [-0.2, 0) is 11.3 Å². The molecule has 0 unspecified atom stereocenters. The Labute approximate surface area is 104 Å². The van der Waals surface area contributed by atoms with Crippen LogP contribution in [-0.4, -0.2) is 38.6 Å². The lowest BCUT2D eigenvalue weighted by Crippen LogP contribution is -2.38. The van der Waals surface area contributed by atoms with Crippen LogP contribution in [0.1, 0.15) is 24.2 Å². The van der Waals surface area contributed by atoms with Crippen LogP contribution >= 0.6 is 0 Å². The maximum Gasteiger partial charge on any atom is 0.343 e. The molecule has 1 aromatic rings. The van der Waals surface area contributed by atoms with Gasteiger partial charge in [0, 0.05) is 6.07 Å². The maximum atomic E-state index is 11.3. The summed E-state index contributed by atoms with van der Waals surface area (Å²) in [5.41, 5.74) is 0.582. The van der Waals surface area contributed by atoms with Crippen molar-refractivity contribution in [3.63, 3.8) is 0 Å². The zero-order valence-corrected chi connectivity index (χ0v) is 11.4. The van der Waals surface area contributed by atoms with Crippen molar-refractivity contribution >= 4 is 5.97 Å². The summed E-state index contributed by atoms with van der Waals surface area (Å²) in [6, 6.07) is 3.60. The van der Waals surface area contributed by atoms with Gasteiger partial charge in [0.05, 0.1) is 13.7 Å². The van der Waals surface area contributed by atoms with Crippen molar-refractivity contribution in [2.45, 2.75) is 20.4 Å². The number of nitrogens with zero attached hydrogens (tertiary/aromatic N) is 2. The summed E-state index contributed by atoms with van der Waals surface area (Å²) in [7, 11) is 5.43. The van der Waals surface area contributed by atoms with Gasteiger partial charge in [-0.25, -0.2) is 9.36 Å². The fourth-order valence-corrected chi connectivity index (χ4v) is 1.22. The van der Waals surface area contributed by atoms with Gasteiger partial charge < -0.3 is 9.64 Å². The minimum Gasteiger partial charge on any atom is -0.465 e. The first-order valence-corrected chi connectivity index (χ1v) is 5.85.